The molecule has 0 spiro atoms. The Hall–Kier alpha value is -2.08. The van der Waals surface area contributed by atoms with Crippen LogP contribution >= 0.6 is 0 Å². The number of ether oxygens (including phenoxy) is 2. The molecule has 0 radical (unpaired) electrons. The second kappa shape index (κ2) is 7.64. The normalized spacial score (nSPS) is 12.4. The van der Waals surface area contributed by atoms with E-state index in [0.717, 1.165) is 0 Å². The minimum Gasteiger partial charge on any atom is -0.465 e. The first kappa shape index (κ1) is 17.0. The number of hydrogen-bond acceptors (Lipinski definition) is 5. The van der Waals surface area contributed by atoms with E-state index in [0.29, 0.717) is 5.56 Å². The molecule has 6 heteroatoms. The summed E-state index contributed by atoms with van der Waals surface area (Å²) in [7, 11) is 0. The summed E-state index contributed by atoms with van der Waals surface area (Å²) in [5.41, 5.74) is 5.08. The van der Waals surface area contributed by atoms with Crippen molar-refractivity contribution in [2.24, 2.45) is 0 Å². The fourth-order valence-corrected chi connectivity index (χ4v) is 1.58. The van der Waals surface area contributed by atoms with Crippen molar-refractivity contribution in [3.8, 4) is 0 Å². The van der Waals surface area contributed by atoms with Crippen molar-refractivity contribution >= 4 is 12.1 Å². The van der Waals surface area contributed by atoms with Crippen LogP contribution in [-0.2, 0) is 14.3 Å². The van der Waals surface area contributed by atoms with E-state index in [2.05, 4.69) is 10.9 Å². The van der Waals surface area contributed by atoms with Crippen LogP contribution in [0.5, 0.6) is 0 Å². The van der Waals surface area contributed by atoms with Gasteiger partial charge in [0.2, 0.25) is 0 Å². The Balaban J connectivity index is 2.71. The number of carbonyl (C=O) groups excluding carboxylic acids is 2. The van der Waals surface area contributed by atoms with Gasteiger partial charge in [-0.1, -0.05) is 30.3 Å². The van der Waals surface area contributed by atoms with Crippen LogP contribution in [0.2, 0.25) is 0 Å². The van der Waals surface area contributed by atoms with Gasteiger partial charge in [0.15, 0.2) is 0 Å². The standard InChI is InChI=1S/C15H22N2O4/c1-5-20-13(18)12(11-9-7-6-8-10-11)16-17-14(19)21-15(2,3)4/h6-10,12,16H,5H2,1-4H3,(H,17,19)/t12-/m1/s1. The van der Waals surface area contributed by atoms with E-state index in [1.165, 1.54) is 0 Å². The molecule has 1 aromatic carbocycles. The second-order valence-corrected chi connectivity index (χ2v) is 5.37. The van der Waals surface area contributed by atoms with Crippen molar-refractivity contribution in [2.45, 2.75) is 39.3 Å². The zero-order valence-electron chi connectivity index (χ0n) is 12.8. The first-order chi connectivity index (χ1) is 9.83. The lowest BCUT2D eigenvalue weighted by molar-refractivity contribution is -0.146. The monoisotopic (exact) mass is 294 g/mol. The Morgan fingerprint density at radius 2 is 1.81 bits per heavy atom. The summed E-state index contributed by atoms with van der Waals surface area (Å²) < 4.78 is 10.1. The van der Waals surface area contributed by atoms with Gasteiger partial charge in [0, 0.05) is 0 Å². The minimum absolute atomic E-state index is 0.260. The average Bonchev–Trinajstić information content (AvgIpc) is 2.38. The number of amides is 1. The molecule has 0 heterocycles. The van der Waals surface area contributed by atoms with Crippen LogP contribution in [0.3, 0.4) is 0 Å². The third-order valence-electron chi connectivity index (χ3n) is 2.37. The molecule has 0 unspecified atom stereocenters. The van der Waals surface area contributed by atoms with Crippen molar-refractivity contribution < 1.29 is 19.1 Å². The Kier molecular flexibility index (Phi) is 6.17. The Bertz CT molecular complexity index is 468. The van der Waals surface area contributed by atoms with Gasteiger partial charge in [0.25, 0.3) is 0 Å². The molecule has 0 aliphatic rings. The van der Waals surface area contributed by atoms with Gasteiger partial charge in [-0.15, -0.1) is 0 Å². The highest BCUT2D eigenvalue weighted by Gasteiger charge is 2.23. The molecule has 0 saturated heterocycles. The first-order valence-corrected chi connectivity index (χ1v) is 6.79. The molecule has 1 amide bonds. The molecule has 1 aromatic rings. The molecule has 0 saturated carbocycles. The molecule has 0 fully saturated rings. The predicted molar refractivity (Wildman–Crippen MR) is 78.3 cm³/mol. The molecule has 2 N–H and O–H groups in total. The fourth-order valence-electron chi connectivity index (χ4n) is 1.58. The van der Waals surface area contributed by atoms with Gasteiger partial charge in [0.05, 0.1) is 6.61 Å². The van der Waals surface area contributed by atoms with E-state index in [4.69, 9.17) is 9.47 Å². The lowest BCUT2D eigenvalue weighted by atomic mass is 10.1. The third kappa shape index (κ3) is 6.27. The fraction of sp³-hybridized carbons (Fsp3) is 0.467. The molecule has 0 aliphatic heterocycles. The highest BCUT2D eigenvalue weighted by atomic mass is 16.6. The summed E-state index contributed by atoms with van der Waals surface area (Å²) in [6, 6.07) is 8.19. The number of benzene rings is 1. The molecule has 1 rings (SSSR count). The molecule has 116 valence electrons. The zero-order chi connectivity index (χ0) is 15.9. The molecular formula is C15H22N2O4. The van der Waals surface area contributed by atoms with E-state index < -0.39 is 23.7 Å². The van der Waals surface area contributed by atoms with Crippen molar-refractivity contribution in [3.63, 3.8) is 0 Å². The number of carbonyl (C=O) groups is 2. The Morgan fingerprint density at radius 1 is 1.19 bits per heavy atom. The van der Waals surface area contributed by atoms with Crippen LogP contribution in [-0.4, -0.2) is 24.3 Å². The summed E-state index contributed by atoms with van der Waals surface area (Å²) in [5, 5.41) is 0. The van der Waals surface area contributed by atoms with Gasteiger partial charge >= 0.3 is 12.1 Å². The van der Waals surface area contributed by atoms with Crippen LogP contribution in [0.4, 0.5) is 4.79 Å². The van der Waals surface area contributed by atoms with Gasteiger partial charge in [-0.25, -0.2) is 15.0 Å². The average molecular weight is 294 g/mol. The van der Waals surface area contributed by atoms with Crippen molar-refractivity contribution in [3.05, 3.63) is 35.9 Å². The molecule has 21 heavy (non-hydrogen) atoms. The Labute approximate surface area is 124 Å². The summed E-state index contributed by atoms with van der Waals surface area (Å²) >= 11 is 0. The smallest absolute Gasteiger partial charge is 0.422 e. The third-order valence-corrected chi connectivity index (χ3v) is 2.37. The molecule has 0 bridgehead atoms. The SMILES string of the molecule is CCOC(=O)[C@H](NNC(=O)OC(C)(C)C)c1ccccc1. The molecule has 6 nitrogen and oxygen atoms in total. The van der Waals surface area contributed by atoms with E-state index in [1.807, 2.05) is 6.07 Å². The molecule has 1 atom stereocenters. The van der Waals surface area contributed by atoms with E-state index >= 15 is 0 Å². The van der Waals surface area contributed by atoms with Gasteiger partial charge < -0.3 is 9.47 Å². The van der Waals surface area contributed by atoms with Gasteiger partial charge in [-0.2, -0.15) is 0 Å². The van der Waals surface area contributed by atoms with E-state index in [-0.39, 0.29) is 6.61 Å². The number of rotatable bonds is 5. The lowest BCUT2D eigenvalue weighted by Gasteiger charge is -2.22. The van der Waals surface area contributed by atoms with Crippen molar-refractivity contribution in [1.82, 2.24) is 10.9 Å². The Morgan fingerprint density at radius 3 is 2.33 bits per heavy atom. The van der Waals surface area contributed by atoms with E-state index in [1.54, 1.807) is 52.0 Å². The topological polar surface area (TPSA) is 76.7 Å². The quantitative estimate of drug-likeness (QED) is 0.644. The molecule has 0 aliphatic carbocycles. The zero-order valence-corrected chi connectivity index (χ0v) is 12.8. The molecule has 0 aromatic heterocycles. The molecular weight excluding hydrogens is 272 g/mol. The van der Waals surface area contributed by atoms with Crippen LogP contribution in [0.25, 0.3) is 0 Å². The highest BCUT2D eigenvalue weighted by molar-refractivity contribution is 5.78. The maximum Gasteiger partial charge on any atom is 0.422 e. The van der Waals surface area contributed by atoms with Crippen LogP contribution in [0, 0.1) is 0 Å². The summed E-state index contributed by atoms with van der Waals surface area (Å²) in [5.74, 6) is -0.472. The number of hydrazine groups is 1. The highest BCUT2D eigenvalue weighted by Crippen LogP contribution is 2.14. The second-order valence-electron chi connectivity index (χ2n) is 5.37. The van der Waals surface area contributed by atoms with Gasteiger partial charge in [-0.05, 0) is 33.3 Å². The summed E-state index contributed by atoms with van der Waals surface area (Å²) in [6.07, 6.45) is -0.660. The summed E-state index contributed by atoms with van der Waals surface area (Å²) in [6.45, 7) is 7.25. The number of nitrogens with one attached hydrogen (secondary N) is 2. The lowest BCUT2D eigenvalue weighted by Crippen LogP contribution is -2.45. The number of esters is 1. The van der Waals surface area contributed by atoms with E-state index in [9.17, 15) is 9.59 Å². The maximum absolute atomic E-state index is 12.0. The summed E-state index contributed by atoms with van der Waals surface area (Å²) in [4.78, 5) is 23.6. The maximum atomic E-state index is 12.0. The predicted octanol–water partition coefficient (Wildman–Crippen LogP) is 2.32. The van der Waals surface area contributed by atoms with Crippen molar-refractivity contribution in [2.75, 3.05) is 6.61 Å². The van der Waals surface area contributed by atoms with Crippen LogP contribution in [0.1, 0.15) is 39.3 Å². The minimum atomic E-state index is -0.793. The van der Waals surface area contributed by atoms with Gasteiger partial charge in [0.1, 0.15) is 11.6 Å². The first-order valence-electron chi connectivity index (χ1n) is 6.79. The van der Waals surface area contributed by atoms with Crippen LogP contribution < -0.4 is 10.9 Å². The van der Waals surface area contributed by atoms with Gasteiger partial charge in [-0.3, -0.25) is 5.43 Å². The number of hydrogen-bond donors (Lipinski definition) is 2. The largest absolute Gasteiger partial charge is 0.465 e. The van der Waals surface area contributed by atoms with Crippen LogP contribution in [0.15, 0.2) is 30.3 Å². The van der Waals surface area contributed by atoms with Crippen molar-refractivity contribution in [1.29, 1.82) is 0 Å².